The maximum atomic E-state index is 12.9. The lowest BCUT2D eigenvalue weighted by Gasteiger charge is -2.23. The summed E-state index contributed by atoms with van der Waals surface area (Å²) in [7, 11) is 0. The van der Waals surface area contributed by atoms with Gasteiger partial charge < -0.3 is 23.9 Å². The summed E-state index contributed by atoms with van der Waals surface area (Å²) in [5.74, 6) is -0.489. The molecule has 1 aliphatic rings. The molecule has 2 aromatic rings. The molecule has 1 saturated heterocycles. The first-order valence-corrected chi connectivity index (χ1v) is 11.6. The summed E-state index contributed by atoms with van der Waals surface area (Å²) >= 11 is 0. The van der Waals surface area contributed by atoms with Crippen molar-refractivity contribution in [2.45, 2.75) is 58.6 Å². The Kier molecular flexibility index (Phi) is 8.72. The van der Waals surface area contributed by atoms with Crippen molar-refractivity contribution in [3.8, 4) is 5.75 Å². The minimum Gasteiger partial charge on any atom is -0.507 e. The van der Waals surface area contributed by atoms with Crippen LogP contribution in [0.3, 0.4) is 0 Å². The van der Waals surface area contributed by atoms with Crippen LogP contribution in [0.2, 0.25) is 0 Å². The quantitative estimate of drug-likeness (QED) is 0.208. The molecular formula is C26H33NO6. The lowest BCUT2D eigenvalue weighted by molar-refractivity contribution is -0.140. The van der Waals surface area contributed by atoms with Crippen LogP contribution >= 0.6 is 0 Å². The number of unbranched alkanes of at least 4 members (excludes halogenated alkanes) is 2. The fourth-order valence-electron chi connectivity index (χ4n) is 3.81. The Morgan fingerprint density at radius 1 is 1.09 bits per heavy atom. The molecule has 1 aliphatic heterocycles. The minimum atomic E-state index is -0.788. The van der Waals surface area contributed by atoms with Gasteiger partial charge in [0.1, 0.15) is 23.3 Å². The molecule has 1 amide bonds. The van der Waals surface area contributed by atoms with Gasteiger partial charge in [0, 0.05) is 18.7 Å². The highest BCUT2D eigenvalue weighted by molar-refractivity contribution is 6.46. The van der Waals surface area contributed by atoms with E-state index in [0.717, 1.165) is 19.3 Å². The molecule has 7 heteroatoms. The Balaban J connectivity index is 1.84. The van der Waals surface area contributed by atoms with Crippen LogP contribution in [0.25, 0.3) is 5.76 Å². The van der Waals surface area contributed by atoms with E-state index in [1.165, 1.54) is 11.2 Å². The van der Waals surface area contributed by atoms with Gasteiger partial charge in [-0.1, -0.05) is 19.8 Å². The molecule has 2 heterocycles. The fourth-order valence-corrected chi connectivity index (χ4v) is 3.81. The van der Waals surface area contributed by atoms with Gasteiger partial charge in [0.25, 0.3) is 11.7 Å². The summed E-state index contributed by atoms with van der Waals surface area (Å²) in [6, 6.07) is 9.49. The molecule has 1 unspecified atom stereocenters. The molecule has 3 rings (SSSR count). The number of amides is 1. The van der Waals surface area contributed by atoms with Crippen molar-refractivity contribution < 1.29 is 28.6 Å². The number of furan rings is 1. The third kappa shape index (κ3) is 6.05. The van der Waals surface area contributed by atoms with E-state index >= 15 is 0 Å². The van der Waals surface area contributed by atoms with Crippen LogP contribution in [0.1, 0.15) is 63.8 Å². The number of benzene rings is 1. The first kappa shape index (κ1) is 24.6. The van der Waals surface area contributed by atoms with Crippen molar-refractivity contribution in [3.05, 3.63) is 59.6 Å². The molecule has 33 heavy (non-hydrogen) atoms. The van der Waals surface area contributed by atoms with Gasteiger partial charge in [-0.2, -0.15) is 0 Å². The van der Waals surface area contributed by atoms with E-state index < -0.39 is 17.7 Å². The van der Waals surface area contributed by atoms with Gasteiger partial charge in [-0.25, -0.2) is 0 Å². The molecule has 1 fully saturated rings. The summed E-state index contributed by atoms with van der Waals surface area (Å²) in [6.45, 7) is 7.42. The van der Waals surface area contributed by atoms with E-state index in [2.05, 4.69) is 6.92 Å². The van der Waals surface area contributed by atoms with Gasteiger partial charge in [0.15, 0.2) is 0 Å². The Morgan fingerprint density at radius 3 is 2.48 bits per heavy atom. The Bertz CT molecular complexity index is 946. The van der Waals surface area contributed by atoms with Crippen molar-refractivity contribution in [1.29, 1.82) is 0 Å². The van der Waals surface area contributed by atoms with Gasteiger partial charge in [0.05, 0.1) is 24.5 Å². The molecule has 1 aromatic heterocycles. The normalized spacial score (nSPS) is 17.8. The number of aliphatic hydroxyl groups excluding tert-OH is 1. The van der Waals surface area contributed by atoms with E-state index in [0.29, 0.717) is 43.3 Å². The van der Waals surface area contributed by atoms with Crippen molar-refractivity contribution in [2.75, 3.05) is 19.8 Å². The molecule has 1 atom stereocenters. The highest BCUT2D eigenvalue weighted by Gasteiger charge is 2.47. The number of ether oxygens (including phenoxy) is 2. The first-order chi connectivity index (χ1) is 15.9. The predicted molar refractivity (Wildman–Crippen MR) is 125 cm³/mol. The molecular weight excluding hydrogens is 422 g/mol. The predicted octanol–water partition coefficient (Wildman–Crippen LogP) is 5.09. The van der Waals surface area contributed by atoms with E-state index in [9.17, 15) is 14.7 Å². The number of hydrogen-bond donors (Lipinski definition) is 1. The Morgan fingerprint density at radius 2 is 1.85 bits per heavy atom. The first-order valence-electron chi connectivity index (χ1n) is 11.6. The topological polar surface area (TPSA) is 89.2 Å². The molecule has 178 valence electrons. The minimum absolute atomic E-state index is 0.0244. The van der Waals surface area contributed by atoms with E-state index in [1.807, 2.05) is 13.8 Å². The van der Waals surface area contributed by atoms with Crippen LogP contribution in [0.5, 0.6) is 5.75 Å². The second-order valence-electron chi connectivity index (χ2n) is 8.36. The summed E-state index contributed by atoms with van der Waals surface area (Å²) in [5, 5.41) is 11.0. The van der Waals surface area contributed by atoms with Crippen LogP contribution in [0.4, 0.5) is 0 Å². The Hall–Kier alpha value is -3.06. The van der Waals surface area contributed by atoms with E-state index in [1.54, 1.807) is 36.4 Å². The van der Waals surface area contributed by atoms with Crippen LogP contribution in [0, 0.1) is 0 Å². The number of carbonyl (C=O) groups excluding carboxylic acids is 2. The number of ketones is 1. The largest absolute Gasteiger partial charge is 0.507 e. The lowest BCUT2D eigenvalue weighted by atomic mass is 9.99. The average Bonchev–Trinajstić information content (AvgIpc) is 3.42. The summed E-state index contributed by atoms with van der Waals surface area (Å²) < 4.78 is 16.8. The maximum Gasteiger partial charge on any atom is 0.295 e. The third-order valence-corrected chi connectivity index (χ3v) is 5.49. The SMILES string of the molecule is CCCCCOc1ccc(/C(O)=C2/C(=O)C(=O)N(CCCOC(C)C)C2c2ccco2)cc1. The highest BCUT2D eigenvalue weighted by atomic mass is 16.5. The molecule has 7 nitrogen and oxygen atoms in total. The second kappa shape index (κ2) is 11.7. The molecule has 0 radical (unpaired) electrons. The van der Waals surface area contributed by atoms with Crippen LogP contribution in [-0.4, -0.2) is 47.6 Å². The summed E-state index contributed by atoms with van der Waals surface area (Å²) in [4.78, 5) is 27.2. The van der Waals surface area contributed by atoms with Gasteiger partial charge in [0.2, 0.25) is 0 Å². The zero-order chi connectivity index (χ0) is 23.8. The van der Waals surface area contributed by atoms with Crippen LogP contribution in [0.15, 0.2) is 52.7 Å². The summed E-state index contributed by atoms with van der Waals surface area (Å²) in [5.41, 5.74) is 0.463. The van der Waals surface area contributed by atoms with Crippen molar-refractivity contribution in [2.24, 2.45) is 0 Å². The van der Waals surface area contributed by atoms with Gasteiger partial charge in [-0.05, 0) is 63.1 Å². The molecule has 1 aromatic carbocycles. The van der Waals surface area contributed by atoms with Gasteiger partial charge >= 0.3 is 0 Å². The smallest absolute Gasteiger partial charge is 0.295 e. The van der Waals surface area contributed by atoms with Crippen molar-refractivity contribution in [1.82, 2.24) is 4.90 Å². The molecule has 0 saturated carbocycles. The monoisotopic (exact) mass is 455 g/mol. The number of rotatable bonds is 12. The van der Waals surface area contributed by atoms with Crippen molar-refractivity contribution in [3.63, 3.8) is 0 Å². The Labute approximate surface area is 195 Å². The summed E-state index contributed by atoms with van der Waals surface area (Å²) in [6.07, 6.45) is 5.34. The molecule has 0 spiro atoms. The number of Topliss-reactive ketones (excluding diaryl/α,β-unsaturated/α-hetero) is 1. The lowest BCUT2D eigenvalue weighted by Crippen LogP contribution is -2.31. The molecule has 0 bridgehead atoms. The highest BCUT2D eigenvalue weighted by Crippen LogP contribution is 2.39. The number of nitrogens with zero attached hydrogens (tertiary/aromatic N) is 1. The van der Waals surface area contributed by atoms with Crippen LogP contribution < -0.4 is 4.74 Å². The standard InChI is InChI=1S/C26H33NO6/c1-4-5-6-15-32-20-12-10-19(11-13-20)24(28)22-23(21-9-7-16-33-21)27(26(30)25(22)29)14-8-17-31-18(2)3/h7,9-13,16,18,23,28H,4-6,8,14-15,17H2,1-3H3/b24-22-. The van der Waals surface area contributed by atoms with E-state index in [4.69, 9.17) is 13.9 Å². The second-order valence-corrected chi connectivity index (χ2v) is 8.36. The average molecular weight is 456 g/mol. The maximum absolute atomic E-state index is 12.9. The third-order valence-electron chi connectivity index (χ3n) is 5.49. The number of likely N-dealkylation sites (tertiary alicyclic amines) is 1. The fraction of sp³-hybridized carbons (Fsp3) is 0.462. The molecule has 1 N–H and O–H groups in total. The molecule has 0 aliphatic carbocycles. The van der Waals surface area contributed by atoms with Gasteiger partial charge in [-0.3, -0.25) is 9.59 Å². The number of hydrogen-bond acceptors (Lipinski definition) is 6. The van der Waals surface area contributed by atoms with Crippen molar-refractivity contribution >= 4 is 17.4 Å². The number of aliphatic hydroxyl groups is 1. The van der Waals surface area contributed by atoms with E-state index in [-0.39, 0.29) is 17.4 Å². The van der Waals surface area contributed by atoms with Crippen LogP contribution in [-0.2, 0) is 14.3 Å². The van der Waals surface area contributed by atoms with Gasteiger partial charge in [-0.15, -0.1) is 0 Å². The zero-order valence-corrected chi connectivity index (χ0v) is 19.6. The number of carbonyl (C=O) groups is 2. The zero-order valence-electron chi connectivity index (χ0n) is 19.6.